The molecule has 2 aromatic rings. The van der Waals surface area contributed by atoms with Crippen molar-refractivity contribution in [3.05, 3.63) is 64.2 Å². The van der Waals surface area contributed by atoms with Gasteiger partial charge < -0.3 is 11.1 Å². The van der Waals surface area contributed by atoms with E-state index in [1.54, 1.807) is 12.1 Å². The molecule has 0 fully saturated rings. The maximum atomic E-state index is 10.9. The Kier molecular flexibility index (Phi) is 3.43. The first-order valence-corrected chi connectivity index (χ1v) is 5.49. The van der Waals surface area contributed by atoms with Crippen LogP contribution in [0.1, 0.15) is 5.56 Å². The number of nitro groups is 1. The molecule has 0 bridgehead atoms. The maximum Gasteiger partial charge on any atom is 0.314 e. The van der Waals surface area contributed by atoms with E-state index >= 15 is 0 Å². The van der Waals surface area contributed by atoms with E-state index in [2.05, 4.69) is 5.32 Å². The molecule has 2 rings (SSSR count). The van der Waals surface area contributed by atoms with E-state index in [9.17, 15) is 10.1 Å². The fourth-order valence-corrected chi connectivity index (χ4v) is 1.70. The molecule has 0 spiro atoms. The molecule has 0 aliphatic heterocycles. The summed E-state index contributed by atoms with van der Waals surface area (Å²) in [6.45, 7) is 0.519. The van der Waals surface area contributed by atoms with Gasteiger partial charge in [-0.2, -0.15) is 0 Å². The molecule has 0 radical (unpaired) electrons. The third-order valence-corrected chi connectivity index (χ3v) is 2.58. The van der Waals surface area contributed by atoms with Crippen molar-refractivity contribution in [1.29, 1.82) is 0 Å². The molecule has 0 aromatic heterocycles. The minimum absolute atomic E-state index is 0.0755. The van der Waals surface area contributed by atoms with Crippen LogP contribution >= 0.6 is 0 Å². The number of anilines is 2. The Morgan fingerprint density at radius 2 is 1.83 bits per heavy atom. The van der Waals surface area contributed by atoms with E-state index in [1.807, 2.05) is 30.3 Å². The summed E-state index contributed by atoms with van der Waals surface area (Å²) in [5.74, 6) is 0. The molecule has 2 aromatic carbocycles. The summed E-state index contributed by atoms with van der Waals surface area (Å²) >= 11 is 0. The Bertz CT molecular complexity index is 555. The lowest BCUT2D eigenvalue weighted by molar-refractivity contribution is -0.383. The van der Waals surface area contributed by atoms with Crippen LogP contribution in [0.25, 0.3) is 0 Å². The fraction of sp³-hybridized carbons (Fsp3) is 0.0769. The first-order valence-electron chi connectivity index (χ1n) is 5.49. The molecule has 0 saturated heterocycles. The molecule has 92 valence electrons. The topological polar surface area (TPSA) is 81.2 Å². The molecule has 0 atom stereocenters. The third kappa shape index (κ3) is 2.57. The summed E-state index contributed by atoms with van der Waals surface area (Å²) in [7, 11) is 0. The van der Waals surface area contributed by atoms with Crippen molar-refractivity contribution < 1.29 is 4.92 Å². The number of nitrogens with two attached hydrogens (primary N) is 1. The maximum absolute atomic E-state index is 10.9. The number of nitro benzene ring substituents is 1. The molecule has 3 N–H and O–H groups in total. The number of nitrogen functional groups attached to an aromatic ring is 1. The van der Waals surface area contributed by atoms with Crippen LogP contribution in [0.3, 0.4) is 0 Å². The fourth-order valence-electron chi connectivity index (χ4n) is 1.70. The van der Waals surface area contributed by atoms with E-state index in [-0.39, 0.29) is 11.4 Å². The number of hydrogen-bond donors (Lipinski definition) is 2. The van der Waals surface area contributed by atoms with Gasteiger partial charge in [0.1, 0.15) is 11.4 Å². The highest BCUT2D eigenvalue weighted by molar-refractivity contribution is 5.74. The van der Waals surface area contributed by atoms with Crippen LogP contribution in [-0.4, -0.2) is 4.92 Å². The molecule has 5 heteroatoms. The second-order valence-electron chi connectivity index (χ2n) is 3.84. The zero-order valence-corrected chi connectivity index (χ0v) is 9.67. The van der Waals surface area contributed by atoms with Crippen LogP contribution in [-0.2, 0) is 6.54 Å². The summed E-state index contributed by atoms with van der Waals surface area (Å²) in [5, 5.41) is 14.0. The predicted octanol–water partition coefficient (Wildman–Crippen LogP) is 2.79. The Morgan fingerprint density at radius 1 is 1.11 bits per heavy atom. The molecular weight excluding hydrogens is 230 g/mol. The Hall–Kier alpha value is -2.56. The zero-order valence-electron chi connectivity index (χ0n) is 9.67. The van der Waals surface area contributed by atoms with Crippen molar-refractivity contribution in [1.82, 2.24) is 0 Å². The Morgan fingerprint density at radius 3 is 2.50 bits per heavy atom. The number of rotatable bonds is 4. The summed E-state index contributed by atoms with van der Waals surface area (Å²) in [6, 6.07) is 14.5. The van der Waals surface area contributed by atoms with Gasteiger partial charge in [0.25, 0.3) is 0 Å². The zero-order chi connectivity index (χ0) is 13.0. The highest BCUT2D eigenvalue weighted by Crippen LogP contribution is 2.30. The molecule has 0 aliphatic carbocycles. The van der Waals surface area contributed by atoms with E-state index in [0.29, 0.717) is 12.2 Å². The lowest BCUT2D eigenvalue weighted by Gasteiger charge is -2.08. The average Bonchev–Trinajstić information content (AvgIpc) is 2.37. The summed E-state index contributed by atoms with van der Waals surface area (Å²) in [5.41, 5.74) is 7.18. The molecule has 5 nitrogen and oxygen atoms in total. The number of nitrogens with one attached hydrogen (secondary N) is 1. The van der Waals surface area contributed by atoms with Crippen LogP contribution in [0, 0.1) is 10.1 Å². The van der Waals surface area contributed by atoms with Crippen LogP contribution in [0.2, 0.25) is 0 Å². The van der Waals surface area contributed by atoms with Crippen molar-refractivity contribution >= 4 is 17.1 Å². The normalized spacial score (nSPS) is 10.0. The van der Waals surface area contributed by atoms with Gasteiger partial charge >= 0.3 is 5.69 Å². The van der Waals surface area contributed by atoms with Crippen molar-refractivity contribution in [2.75, 3.05) is 11.1 Å². The molecular formula is C13H13N3O2. The Labute approximate surface area is 104 Å². The van der Waals surface area contributed by atoms with Gasteiger partial charge in [-0.1, -0.05) is 36.4 Å². The van der Waals surface area contributed by atoms with E-state index in [4.69, 9.17) is 5.73 Å². The number of benzene rings is 2. The minimum Gasteiger partial charge on any atom is -0.393 e. The van der Waals surface area contributed by atoms with E-state index < -0.39 is 4.92 Å². The number of para-hydroxylation sites is 1. The molecule has 0 aliphatic rings. The molecule has 0 unspecified atom stereocenters. The number of hydrogen-bond acceptors (Lipinski definition) is 4. The van der Waals surface area contributed by atoms with Crippen LogP contribution in [0.4, 0.5) is 17.1 Å². The average molecular weight is 243 g/mol. The minimum atomic E-state index is -0.470. The van der Waals surface area contributed by atoms with Gasteiger partial charge in [0, 0.05) is 6.54 Å². The summed E-state index contributed by atoms with van der Waals surface area (Å²) < 4.78 is 0. The van der Waals surface area contributed by atoms with Crippen molar-refractivity contribution in [2.24, 2.45) is 0 Å². The van der Waals surface area contributed by atoms with Gasteiger partial charge in [0.2, 0.25) is 0 Å². The Balaban J connectivity index is 2.20. The van der Waals surface area contributed by atoms with Gasteiger partial charge in [-0.25, -0.2) is 0 Å². The van der Waals surface area contributed by atoms with Gasteiger partial charge in [-0.15, -0.1) is 0 Å². The van der Waals surface area contributed by atoms with Crippen molar-refractivity contribution in [3.63, 3.8) is 0 Å². The quantitative estimate of drug-likeness (QED) is 0.491. The molecule has 0 heterocycles. The third-order valence-electron chi connectivity index (χ3n) is 2.58. The van der Waals surface area contributed by atoms with Crippen LogP contribution in [0.5, 0.6) is 0 Å². The lowest BCUT2D eigenvalue weighted by atomic mass is 10.2. The van der Waals surface area contributed by atoms with Gasteiger partial charge in [-0.05, 0) is 17.7 Å². The highest BCUT2D eigenvalue weighted by Gasteiger charge is 2.16. The van der Waals surface area contributed by atoms with E-state index in [1.165, 1.54) is 6.07 Å². The summed E-state index contributed by atoms with van der Waals surface area (Å²) in [4.78, 5) is 10.5. The predicted molar refractivity (Wildman–Crippen MR) is 71.3 cm³/mol. The lowest BCUT2D eigenvalue weighted by Crippen LogP contribution is -2.04. The van der Waals surface area contributed by atoms with Gasteiger partial charge in [0.15, 0.2) is 0 Å². The van der Waals surface area contributed by atoms with Gasteiger partial charge in [0.05, 0.1) is 4.92 Å². The number of nitrogens with zero attached hydrogens (tertiary/aromatic N) is 1. The van der Waals surface area contributed by atoms with Crippen LogP contribution < -0.4 is 11.1 Å². The molecule has 0 amide bonds. The SMILES string of the molecule is Nc1cccc(NCc2ccccc2)c1[N+](=O)[O-]. The molecule has 18 heavy (non-hydrogen) atoms. The van der Waals surface area contributed by atoms with Crippen molar-refractivity contribution in [2.45, 2.75) is 6.54 Å². The van der Waals surface area contributed by atoms with E-state index in [0.717, 1.165) is 5.56 Å². The van der Waals surface area contributed by atoms with Crippen LogP contribution in [0.15, 0.2) is 48.5 Å². The first-order chi connectivity index (χ1) is 8.68. The van der Waals surface area contributed by atoms with Gasteiger partial charge in [-0.3, -0.25) is 10.1 Å². The molecule has 0 saturated carbocycles. The second-order valence-corrected chi connectivity index (χ2v) is 3.84. The standard InChI is InChI=1S/C13H13N3O2/c14-11-7-4-8-12(13(11)16(17)18)15-9-10-5-2-1-3-6-10/h1-8,15H,9,14H2. The largest absolute Gasteiger partial charge is 0.393 e. The highest BCUT2D eigenvalue weighted by atomic mass is 16.6. The van der Waals surface area contributed by atoms with Crippen molar-refractivity contribution in [3.8, 4) is 0 Å². The summed E-state index contributed by atoms with van der Waals surface area (Å²) in [6.07, 6.45) is 0. The monoisotopic (exact) mass is 243 g/mol. The smallest absolute Gasteiger partial charge is 0.314 e. The first kappa shape index (κ1) is 11.9. The second kappa shape index (κ2) is 5.18.